The molecule has 6 atom stereocenters. The number of anilines is 1. The Kier molecular flexibility index (Phi) is 4.22. The van der Waals surface area contributed by atoms with Crippen LogP contribution in [-0.2, 0) is 14.4 Å². The fourth-order valence-electron chi connectivity index (χ4n) is 7.17. The number of nitrogens with one attached hydrogen (secondary N) is 1. The van der Waals surface area contributed by atoms with E-state index in [2.05, 4.69) is 17.5 Å². The van der Waals surface area contributed by atoms with E-state index in [4.69, 9.17) is 0 Å². The molecule has 5 aliphatic carbocycles. The topological polar surface area (TPSA) is 66.5 Å². The first-order valence-electron chi connectivity index (χ1n) is 11.9. The summed E-state index contributed by atoms with van der Waals surface area (Å²) < 4.78 is 0. The average molecular weight is 419 g/mol. The molecule has 1 heterocycles. The highest BCUT2D eigenvalue weighted by molar-refractivity contribution is 6.06. The minimum atomic E-state index is -0.115. The Morgan fingerprint density at radius 2 is 1.45 bits per heavy atom. The van der Waals surface area contributed by atoms with Crippen LogP contribution in [0.25, 0.3) is 0 Å². The number of aryl methyl sites for hydroxylation is 2. The molecule has 0 spiro atoms. The van der Waals surface area contributed by atoms with Crippen molar-refractivity contribution in [1.29, 1.82) is 0 Å². The molecule has 1 aliphatic heterocycles. The SMILES string of the molecule is Cc1cccc(C)c1NC(=O)C1CCC(N2C(=O)[C@@H]3[C@H]4C=C[C@@H]([C@@H]5C[C@H]45)[C@H]3C2=O)CC1. The first kappa shape index (κ1) is 19.3. The number of hydrogen-bond donors (Lipinski definition) is 1. The van der Waals surface area contributed by atoms with Crippen molar-refractivity contribution in [3.8, 4) is 0 Å². The van der Waals surface area contributed by atoms with Gasteiger partial charge >= 0.3 is 0 Å². The molecule has 1 aromatic carbocycles. The number of benzene rings is 1. The monoisotopic (exact) mass is 418 g/mol. The van der Waals surface area contributed by atoms with E-state index in [9.17, 15) is 14.4 Å². The number of nitrogens with zero attached hydrogens (tertiary/aromatic N) is 1. The van der Waals surface area contributed by atoms with Crippen LogP contribution in [0.15, 0.2) is 30.4 Å². The predicted molar refractivity (Wildman–Crippen MR) is 117 cm³/mol. The van der Waals surface area contributed by atoms with Crippen LogP contribution in [0.3, 0.4) is 0 Å². The first-order valence-corrected chi connectivity index (χ1v) is 11.9. The lowest BCUT2D eigenvalue weighted by Gasteiger charge is -2.37. The second-order valence-corrected chi connectivity index (χ2v) is 10.5. The Hall–Kier alpha value is -2.43. The summed E-state index contributed by atoms with van der Waals surface area (Å²) in [5.41, 5.74) is 3.04. The Labute approximate surface area is 183 Å². The standard InChI is InChI=1S/C26H30N2O3/c1-13-4-3-5-14(2)23(13)27-24(29)15-6-8-16(9-7-15)28-25(30)21-17-10-11-18(20-12-19(17)20)22(21)26(28)31/h3-5,10-11,15-22H,6-9,12H2,1-2H3,(H,27,29)/t15?,16?,17-,18-,19-,20+,21+,22+/m0/s1. The molecule has 6 aliphatic rings. The van der Waals surface area contributed by atoms with Crippen LogP contribution in [0.2, 0.25) is 0 Å². The molecule has 3 amide bonds. The number of hydrogen-bond acceptors (Lipinski definition) is 3. The maximum absolute atomic E-state index is 13.3. The molecule has 0 radical (unpaired) electrons. The van der Waals surface area contributed by atoms with E-state index in [1.807, 2.05) is 32.0 Å². The van der Waals surface area contributed by atoms with Crippen molar-refractivity contribution in [2.45, 2.75) is 52.0 Å². The molecule has 7 rings (SSSR count). The van der Waals surface area contributed by atoms with Gasteiger partial charge in [0.05, 0.1) is 11.8 Å². The molecule has 0 aromatic heterocycles. The maximum Gasteiger partial charge on any atom is 0.233 e. The molecule has 1 N–H and O–H groups in total. The Morgan fingerprint density at radius 3 is 2.00 bits per heavy atom. The van der Waals surface area contributed by atoms with Crippen molar-refractivity contribution in [2.24, 2.45) is 41.4 Å². The van der Waals surface area contributed by atoms with Crippen LogP contribution in [0.1, 0.15) is 43.2 Å². The van der Waals surface area contributed by atoms with E-state index in [0.717, 1.165) is 42.5 Å². The van der Waals surface area contributed by atoms with E-state index in [1.165, 1.54) is 6.42 Å². The maximum atomic E-state index is 13.3. The van der Waals surface area contributed by atoms with E-state index < -0.39 is 0 Å². The van der Waals surface area contributed by atoms with Crippen molar-refractivity contribution < 1.29 is 14.4 Å². The van der Waals surface area contributed by atoms with Crippen molar-refractivity contribution in [2.75, 3.05) is 5.32 Å². The third-order valence-electron chi connectivity index (χ3n) is 8.86. The zero-order chi connectivity index (χ0) is 21.4. The summed E-state index contributed by atoms with van der Waals surface area (Å²) in [6.07, 6.45) is 8.56. The average Bonchev–Trinajstić information content (AvgIpc) is 3.54. The van der Waals surface area contributed by atoms with Gasteiger partial charge in [-0.05, 0) is 80.8 Å². The van der Waals surface area contributed by atoms with Gasteiger partial charge in [-0.1, -0.05) is 30.4 Å². The Bertz CT molecular complexity index is 950. The highest BCUT2D eigenvalue weighted by atomic mass is 16.2. The zero-order valence-electron chi connectivity index (χ0n) is 18.2. The third-order valence-corrected chi connectivity index (χ3v) is 8.86. The van der Waals surface area contributed by atoms with Crippen molar-refractivity contribution in [3.05, 3.63) is 41.5 Å². The van der Waals surface area contributed by atoms with Gasteiger partial charge in [-0.2, -0.15) is 0 Å². The van der Waals surface area contributed by atoms with Crippen LogP contribution >= 0.6 is 0 Å². The van der Waals surface area contributed by atoms with Gasteiger partial charge in [-0.15, -0.1) is 0 Å². The summed E-state index contributed by atoms with van der Waals surface area (Å²) >= 11 is 0. The second kappa shape index (κ2) is 6.78. The molecular formula is C26H30N2O3. The highest BCUT2D eigenvalue weighted by Crippen LogP contribution is 2.65. The lowest BCUT2D eigenvalue weighted by molar-refractivity contribution is -0.144. The van der Waals surface area contributed by atoms with E-state index in [1.54, 1.807) is 4.90 Å². The van der Waals surface area contributed by atoms with Crippen LogP contribution < -0.4 is 5.32 Å². The molecule has 4 fully saturated rings. The zero-order valence-corrected chi connectivity index (χ0v) is 18.2. The van der Waals surface area contributed by atoms with Gasteiger partial charge < -0.3 is 5.32 Å². The van der Waals surface area contributed by atoms with Crippen LogP contribution in [0.4, 0.5) is 5.69 Å². The molecule has 1 saturated heterocycles. The number of rotatable bonds is 3. The van der Waals surface area contributed by atoms with E-state index in [-0.39, 0.29) is 53.4 Å². The van der Waals surface area contributed by atoms with Crippen LogP contribution in [0.5, 0.6) is 0 Å². The highest BCUT2D eigenvalue weighted by Gasteiger charge is 2.67. The summed E-state index contributed by atoms with van der Waals surface area (Å²) in [4.78, 5) is 41.2. The Balaban J connectivity index is 1.12. The van der Waals surface area contributed by atoms with E-state index in [0.29, 0.717) is 11.8 Å². The number of carbonyl (C=O) groups excluding carboxylic acids is 3. The van der Waals surface area contributed by atoms with Gasteiger partial charge in [0.1, 0.15) is 0 Å². The number of imide groups is 1. The normalized spacial score (nSPS) is 40.0. The lowest BCUT2D eigenvalue weighted by atomic mass is 9.63. The van der Waals surface area contributed by atoms with Crippen LogP contribution in [-0.4, -0.2) is 28.7 Å². The van der Waals surface area contributed by atoms with Crippen molar-refractivity contribution in [1.82, 2.24) is 4.90 Å². The van der Waals surface area contributed by atoms with Gasteiger partial charge in [0, 0.05) is 17.6 Å². The molecular weight excluding hydrogens is 388 g/mol. The third kappa shape index (κ3) is 2.78. The number of carbonyl (C=O) groups is 3. The largest absolute Gasteiger partial charge is 0.325 e. The summed E-state index contributed by atoms with van der Waals surface area (Å²) in [6, 6.07) is 5.98. The molecule has 3 saturated carbocycles. The molecule has 0 unspecified atom stereocenters. The quantitative estimate of drug-likeness (QED) is 0.599. The molecule has 31 heavy (non-hydrogen) atoms. The second-order valence-electron chi connectivity index (χ2n) is 10.5. The van der Waals surface area contributed by atoms with Crippen molar-refractivity contribution >= 4 is 23.4 Å². The summed E-state index contributed by atoms with van der Waals surface area (Å²) in [7, 11) is 0. The Morgan fingerprint density at radius 1 is 0.903 bits per heavy atom. The molecule has 162 valence electrons. The molecule has 2 bridgehead atoms. The predicted octanol–water partition coefficient (Wildman–Crippen LogP) is 3.85. The number of allylic oxidation sites excluding steroid dienone is 2. The number of para-hydroxylation sites is 1. The smallest absolute Gasteiger partial charge is 0.233 e. The molecule has 5 nitrogen and oxygen atoms in total. The van der Waals surface area contributed by atoms with E-state index >= 15 is 0 Å². The van der Waals surface area contributed by atoms with Gasteiger partial charge in [-0.3, -0.25) is 19.3 Å². The lowest BCUT2D eigenvalue weighted by Crippen LogP contribution is -2.44. The number of likely N-dealkylation sites (tertiary alicyclic amines) is 1. The van der Waals surface area contributed by atoms with Gasteiger partial charge in [0.15, 0.2) is 0 Å². The minimum absolute atomic E-state index is 0.0365. The summed E-state index contributed by atoms with van der Waals surface area (Å²) in [6.45, 7) is 4.02. The van der Waals surface area contributed by atoms with Gasteiger partial charge in [0.25, 0.3) is 0 Å². The van der Waals surface area contributed by atoms with Crippen molar-refractivity contribution in [3.63, 3.8) is 0 Å². The molecule has 1 aromatic rings. The molecule has 5 heteroatoms. The van der Waals surface area contributed by atoms with Gasteiger partial charge in [-0.25, -0.2) is 0 Å². The van der Waals surface area contributed by atoms with Gasteiger partial charge in [0.2, 0.25) is 17.7 Å². The minimum Gasteiger partial charge on any atom is -0.325 e. The summed E-state index contributed by atoms with van der Waals surface area (Å²) in [5.74, 6) is 1.75. The fraction of sp³-hybridized carbons (Fsp3) is 0.577. The fourth-order valence-corrected chi connectivity index (χ4v) is 7.17. The first-order chi connectivity index (χ1) is 15.0. The summed E-state index contributed by atoms with van der Waals surface area (Å²) in [5, 5.41) is 3.13. The number of amides is 3. The van der Waals surface area contributed by atoms with Crippen LogP contribution in [0, 0.1) is 55.3 Å².